The number of carbonyl (C=O) groups is 1. The summed E-state index contributed by atoms with van der Waals surface area (Å²) in [5.41, 5.74) is 0.237. The molecule has 0 spiro atoms. The summed E-state index contributed by atoms with van der Waals surface area (Å²) in [7, 11) is 0. The number of alkyl halides is 3. The Morgan fingerprint density at radius 2 is 1.61 bits per heavy atom. The van der Waals surface area contributed by atoms with Crippen molar-refractivity contribution in [2.75, 3.05) is 10.0 Å². The number of anilines is 2. The summed E-state index contributed by atoms with van der Waals surface area (Å²) < 4.78 is 41.5. The summed E-state index contributed by atoms with van der Waals surface area (Å²) in [5.74, 6) is -0.504. The van der Waals surface area contributed by atoms with Crippen LogP contribution in [0.5, 0.6) is 0 Å². The Bertz CT molecular complexity index is 995. The number of halogens is 4. The minimum absolute atomic E-state index is 0.0755. The van der Waals surface area contributed by atoms with Crippen molar-refractivity contribution in [2.24, 2.45) is 0 Å². The molecule has 0 aliphatic carbocycles. The van der Waals surface area contributed by atoms with Crippen molar-refractivity contribution in [3.63, 3.8) is 0 Å². The maximum Gasteiger partial charge on any atom is 0.416 e. The van der Waals surface area contributed by atoms with Crippen LogP contribution in [0, 0.1) is 0 Å². The molecule has 144 valence electrons. The molecule has 1 amide bonds. The summed E-state index contributed by atoms with van der Waals surface area (Å²) in [5, 5.41) is 3.10. The smallest absolute Gasteiger partial charge is 0.326 e. The highest BCUT2D eigenvalue weighted by molar-refractivity contribution is 8.00. The second kappa shape index (κ2) is 8.58. The van der Waals surface area contributed by atoms with Gasteiger partial charge in [0.2, 0.25) is 0 Å². The van der Waals surface area contributed by atoms with Gasteiger partial charge in [-0.1, -0.05) is 29.8 Å². The van der Waals surface area contributed by atoms with Gasteiger partial charge < -0.3 is 10.0 Å². The van der Waals surface area contributed by atoms with E-state index in [1.54, 1.807) is 36.4 Å². The lowest BCUT2D eigenvalue weighted by atomic mass is 10.1. The summed E-state index contributed by atoms with van der Waals surface area (Å²) in [4.78, 5) is 13.3. The number of hydrogen-bond donors (Lipinski definition) is 2. The maximum absolute atomic E-state index is 12.8. The van der Waals surface area contributed by atoms with Gasteiger partial charge in [-0.25, -0.2) is 0 Å². The van der Waals surface area contributed by atoms with Crippen LogP contribution in [0.1, 0.15) is 15.9 Å². The van der Waals surface area contributed by atoms with E-state index >= 15 is 0 Å². The average molecular weight is 423 g/mol. The summed E-state index contributed by atoms with van der Waals surface area (Å²) in [6.45, 7) is 0. The number of benzene rings is 3. The maximum atomic E-state index is 12.8. The third kappa shape index (κ3) is 5.43. The molecule has 0 atom stereocenters. The normalized spacial score (nSPS) is 11.1. The van der Waals surface area contributed by atoms with Gasteiger partial charge in [0.25, 0.3) is 5.91 Å². The molecule has 28 heavy (non-hydrogen) atoms. The first-order chi connectivity index (χ1) is 13.3. The molecule has 3 nitrogen and oxygen atoms in total. The summed E-state index contributed by atoms with van der Waals surface area (Å²) in [6.07, 6.45) is -4.47. The molecule has 0 aromatic heterocycles. The van der Waals surface area contributed by atoms with Crippen molar-refractivity contribution in [1.29, 1.82) is 0 Å². The number of amides is 1. The van der Waals surface area contributed by atoms with Crippen LogP contribution >= 0.6 is 23.5 Å². The van der Waals surface area contributed by atoms with Crippen molar-refractivity contribution >= 4 is 40.8 Å². The summed E-state index contributed by atoms with van der Waals surface area (Å²) >= 11 is 7.27. The van der Waals surface area contributed by atoms with E-state index in [1.807, 2.05) is 12.1 Å². The first-order valence-electron chi connectivity index (χ1n) is 8.08. The van der Waals surface area contributed by atoms with Crippen LogP contribution in [0.25, 0.3) is 0 Å². The zero-order valence-corrected chi connectivity index (χ0v) is 15.8. The van der Waals surface area contributed by atoms with Crippen LogP contribution in [0.4, 0.5) is 24.5 Å². The van der Waals surface area contributed by atoms with Crippen molar-refractivity contribution < 1.29 is 18.0 Å². The highest BCUT2D eigenvalue weighted by Crippen LogP contribution is 2.31. The van der Waals surface area contributed by atoms with Crippen LogP contribution in [-0.4, -0.2) is 5.91 Å². The molecule has 2 N–H and O–H groups in total. The molecular formula is C20H14ClF3N2OS. The molecule has 0 radical (unpaired) electrons. The lowest BCUT2D eigenvalue weighted by Crippen LogP contribution is -2.13. The van der Waals surface area contributed by atoms with Gasteiger partial charge in [0.1, 0.15) is 0 Å². The summed E-state index contributed by atoms with van der Waals surface area (Å²) in [6, 6.07) is 18.4. The van der Waals surface area contributed by atoms with Gasteiger partial charge >= 0.3 is 6.18 Å². The number of nitrogens with one attached hydrogen (secondary N) is 2. The second-order valence-electron chi connectivity index (χ2n) is 5.77. The van der Waals surface area contributed by atoms with Gasteiger partial charge in [-0.2, -0.15) is 13.2 Å². The lowest BCUT2D eigenvalue weighted by Gasteiger charge is -2.11. The zero-order chi connectivity index (χ0) is 20.1. The molecule has 0 aliphatic rings. The Balaban J connectivity index is 1.68. The molecule has 3 aromatic carbocycles. The quantitative estimate of drug-likeness (QED) is 0.448. The lowest BCUT2D eigenvalue weighted by molar-refractivity contribution is -0.137. The van der Waals surface area contributed by atoms with Crippen molar-refractivity contribution in [2.45, 2.75) is 11.1 Å². The van der Waals surface area contributed by atoms with Gasteiger partial charge in [-0.3, -0.25) is 4.79 Å². The van der Waals surface area contributed by atoms with Gasteiger partial charge in [0, 0.05) is 26.9 Å². The molecule has 8 heteroatoms. The molecule has 0 unspecified atom stereocenters. The van der Waals surface area contributed by atoms with Crippen LogP contribution in [0.2, 0.25) is 5.02 Å². The predicted molar refractivity (Wildman–Crippen MR) is 107 cm³/mol. The molecule has 0 bridgehead atoms. The molecule has 0 aliphatic heterocycles. The van der Waals surface area contributed by atoms with E-state index in [9.17, 15) is 18.0 Å². The fraction of sp³-hybridized carbons (Fsp3) is 0.0500. The molecule has 3 rings (SSSR count). The average Bonchev–Trinajstić information content (AvgIpc) is 2.66. The van der Waals surface area contributed by atoms with Crippen LogP contribution in [0.15, 0.2) is 77.7 Å². The van der Waals surface area contributed by atoms with Gasteiger partial charge in [-0.15, -0.1) is 0 Å². The van der Waals surface area contributed by atoms with E-state index in [0.29, 0.717) is 16.3 Å². The van der Waals surface area contributed by atoms with E-state index < -0.39 is 17.6 Å². The molecule has 0 heterocycles. The highest BCUT2D eigenvalue weighted by Gasteiger charge is 2.30. The van der Waals surface area contributed by atoms with Crippen molar-refractivity contribution in [3.05, 3.63) is 88.9 Å². The van der Waals surface area contributed by atoms with E-state index in [-0.39, 0.29) is 5.69 Å². The standard InChI is InChI=1S/C20H14ClF3N2OS/c21-15-6-3-9-18(12-15)28-26-17-8-1-4-13(10-17)19(27)25-16-7-2-5-14(11-16)20(22,23)24/h1-12,26H,(H,25,27). The van der Waals surface area contributed by atoms with E-state index in [2.05, 4.69) is 10.0 Å². The van der Waals surface area contributed by atoms with Crippen LogP contribution in [0.3, 0.4) is 0 Å². The van der Waals surface area contributed by atoms with E-state index in [1.165, 1.54) is 24.1 Å². The predicted octanol–water partition coefficient (Wildman–Crippen LogP) is 6.73. The number of rotatable bonds is 5. The van der Waals surface area contributed by atoms with Crippen LogP contribution in [-0.2, 0) is 6.18 Å². The number of hydrogen-bond acceptors (Lipinski definition) is 3. The van der Waals surface area contributed by atoms with Gasteiger partial charge in [0.15, 0.2) is 0 Å². The zero-order valence-electron chi connectivity index (χ0n) is 14.3. The third-order valence-electron chi connectivity index (χ3n) is 3.66. The Kier molecular flexibility index (Phi) is 6.16. The topological polar surface area (TPSA) is 41.1 Å². The molecule has 3 aromatic rings. The molecular weight excluding hydrogens is 409 g/mol. The fourth-order valence-corrected chi connectivity index (χ4v) is 3.30. The molecule has 0 saturated heterocycles. The van der Waals surface area contributed by atoms with E-state index in [0.717, 1.165) is 17.0 Å². The fourth-order valence-electron chi connectivity index (χ4n) is 2.35. The SMILES string of the molecule is O=C(Nc1cccc(C(F)(F)F)c1)c1cccc(NSc2cccc(Cl)c2)c1. The molecule has 0 fully saturated rings. The van der Waals surface area contributed by atoms with E-state index in [4.69, 9.17) is 11.6 Å². The van der Waals surface area contributed by atoms with Gasteiger partial charge in [-0.05, 0) is 66.5 Å². The van der Waals surface area contributed by atoms with Crippen molar-refractivity contribution in [3.8, 4) is 0 Å². The Morgan fingerprint density at radius 1 is 0.893 bits per heavy atom. The minimum Gasteiger partial charge on any atom is -0.326 e. The minimum atomic E-state index is -4.47. The first-order valence-corrected chi connectivity index (χ1v) is 9.28. The Hall–Kier alpha value is -2.64. The Morgan fingerprint density at radius 3 is 2.36 bits per heavy atom. The number of carbonyl (C=O) groups excluding carboxylic acids is 1. The monoisotopic (exact) mass is 422 g/mol. The van der Waals surface area contributed by atoms with Gasteiger partial charge in [0.05, 0.1) is 5.56 Å². The Labute approximate surface area is 169 Å². The molecule has 0 saturated carbocycles. The second-order valence-corrected chi connectivity index (χ2v) is 7.09. The highest BCUT2D eigenvalue weighted by atomic mass is 35.5. The van der Waals surface area contributed by atoms with Crippen LogP contribution < -0.4 is 10.0 Å². The largest absolute Gasteiger partial charge is 0.416 e. The first kappa shape index (κ1) is 20.1. The van der Waals surface area contributed by atoms with Crippen molar-refractivity contribution in [1.82, 2.24) is 0 Å². The third-order valence-corrected chi connectivity index (χ3v) is 4.72.